The topological polar surface area (TPSA) is 47.0 Å². The molecule has 0 aromatic carbocycles. The predicted molar refractivity (Wildman–Crippen MR) is 57.1 cm³/mol. The average Bonchev–Trinajstić information content (AvgIpc) is 2.20. The van der Waals surface area contributed by atoms with Gasteiger partial charge in [0.2, 0.25) is 5.88 Å². The number of rotatable bonds is 5. The van der Waals surface area contributed by atoms with Crippen molar-refractivity contribution in [2.45, 2.75) is 13.8 Å². The van der Waals surface area contributed by atoms with Gasteiger partial charge >= 0.3 is 0 Å². The highest BCUT2D eigenvalue weighted by atomic mass is 35.5. The van der Waals surface area contributed by atoms with Gasteiger partial charge in [0.05, 0.1) is 12.2 Å². The molecule has 14 heavy (non-hydrogen) atoms. The van der Waals surface area contributed by atoms with Crippen LogP contribution in [0.4, 0.5) is 5.82 Å². The molecule has 5 heteroatoms. The summed E-state index contributed by atoms with van der Waals surface area (Å²) in [6.45, 7) is 5.13. The van der Waals surface area contributed by atoms with Crippen LogP contribution in [0.1, 0.15) is 12.5 Å². The molecule has 0 aliphatic carbocycles. The summed E-state index contributed by atoms with van der Waals surface area (Å²) in [6, 6.07) is 0. The summed E-state index contributed by atoms with van der Waals surface area (Å²) in [4.78, 5) is 8.13. The number of aromatic nitrogens is 2. The van der Waals surface area contributed by atoms with Crippen LogP contribution in [-0.2, 0) is 0 Å². The van der Waals surface area contributed by atoms with Crippen LogP contribution < -0.4 is 10.1 Å². The number of halogens is 1. The van der Waals surface area contributed by atoms with E-state index in [2.05, 4.69) is 15.3 Å². The fraction of sp³-hybridized carbons (Fsp3) is 0.556. The van der Waals surface area contributed by atoms with Crippen molar-refractivity contribution in [2.75, 3.05) is 24.3 Å². The fourth-order valence-corrected chi connectivity index (χ4v) is 1.15. The zero-order chi connectivity index (χ0) is 10.4. The van der Waals surface area contributed by atoms with E-state index in [0.717, 1.165) is 11.4 Å². The Morgan fingerprint density at radius 2 is 2.29 bits per heavy atom. The first-order valence-electron chi connectivity index (χ1n) is 4.53. The minimum Gasteiger partial charge on any atom is -0.478 e. The minimum atomic E-state index is 0.549. The van der Waals surface area contributed by atoms with Crippen molar-refractivity contribution in [2.24, 2.45) is 0 Å². The molecule has 4 nitrogen and oxygen atoms in total. The number of ether oxygens (including phenoxy) is 1. The summed E-state index contributed by atoms with van der Waals surface area (Å²) in [5.41, 5.74) is 0.916. The third-order valence-corrected chi connectivity index (χ3v) is 1.89. The summed E-state index contributed by atoms with van der Waals surface area (Å²) in [5, 5.41) is 3.10. The van der Waals surface area contributed by atoms with Crippen molar-refractivity contribution in [3.63, 3.8) is 0 Å². The van der Waals surface area contributed by atoms with Gasteiger partial charge in [-0.3, -0.25) is 0 Å². The molecule has 0 amide bonds. The third kappa shape index (κ3) is 2.73. The Morgan fingerprint density at radius 3 is 2.93 bits per heavy atom. The molecule has 1 rings (SSSR count). The predicted octanol–water partition coefficient (Wildman–Crippen LogP) is 1.83. The van der Waals surface area contributed by atoms with E-state index >= 15 is 0 Å². The number of hydrogen-bond acceptors (Lipinski definition) is 4. The molecule has 1 heterocycles. The Balaban J connectivity index is 2.78. The van der Waals surface area contributed by atoms with Gasteiger partial charge in [0.25, 0.3) is 0 Å². The Bertz CT molecular complexity index is 293. The smallest absolute Gasteiger partial charge is 0.221 e. The van der Waals surface area contributed by atoms with Crippen molar-refractivity contribution < 1.29 is 4.74 Å². The molecule has 0 radical (unpaired) electrons. The highest BCUT2D eigenvalue weighted by molar-refractivity contribution is 6.18. The van der Waals surface area contributed by atoms with Gasteiger partial charge in [0.15, 0.2) is 0 Å². The van der Waals surface area contributed by atoms with E-state index in [1.165, 1.54) is 6.33 Å². The highest BCUT2D eigenvalue weighted by Crippen LogP contribution is 2.19. The number of hydrogen-bond donors (Lipinski definition) is 1. The van der Waals surface area contributed by atoms with Gasteiger partial charge in [-0.1, -0.05) is 0 Å². The van der Waals surface area contributed by atoms with Gasteiger partial charge < -0.3 is 10.1 Å². The Kier molecular flexibility index (Phi) is 4.46. The number of anilines is 1. The van der Waals surface area contributed by atoms with Gasteiger partial charge in [0, 0.05) is 12.4 Å². The van der Waals surface area contributed by atoms with Crippen LogP contribution in [-0.4, -0.2) is 29.0 Å². The molecule has 1 aromatic heterocycles. The summed E-state index contributed by atoms with van der Waals surface area (Å²) < 4.78 is 5.33. The van der Waals surface area contributed by atoms with Gasteiger partial charge in [-0.2, -0.15) is 0 Å². The quantitative estimate of drug-likeness (QED) is 0.762. The molecule has 0 bridgehead atoms. The zero-order valence-corrected chi connectivity index (χ0v) is 9.14. The SMILES string of the molecule is CCOc1ncnc(NCCCl)c1C. The second-order valence-electron chi connectivity index (χ2n) is 2.70. The number of nitrogens with one attached hydrogen (secondary N) is 1. The molecule has 0 fully saturated rings. The lowest BCUT2D eigenvalue weighted by Gasteiger charge is -2.09. The van der Waals surface area contributed by atoms with Crippen LogP contribution in [0.3, 0.4) is 0 Å². The maximum atomic E-state index is 5.57. The molecular weight excluding hydrogens is 202 g/mol. The molecule has 0 spiro atoms. The fourth-order valence-electron chi connectivity index (χ4n) is 1.06. The Labute approximate surface area is 88.7 Å². The minimum absolute atomic E-state index is 0.549. The maximum absolute atomic E-state index is 5.57. The van der Waals surface area contributed by atoms with E-state index < -0.39 is 0 Å². The first kappa shape index (κ1) is 11.0. The molecule has 0 aliphatic rings. The average molecular weight is 216 g/mol. The molecule has 1 aromatic rings. The summed E-state index contributed by atoms with van der Waals surface area (Å²) in [7, 11) is 0. The molecular formula is C9H14ClN3O. The molecule has 0 saturated heterocycles. The van der Waals surface area contributed by atoms with E-state index in [-0.39, 0.29) is 0 Å². The van der Waals surface area contributed by atoms with Crippen LogP contribution in [0.5, 0.6) is 5.88 Å². The highest BCUT2D eigenvalue weighted by Gasteiger charge is 2.06. The second kappa shape index (κ2) is 5.65. The summed E-state index contributed by atoms with van der Waals surface area (Å²) in [6.07, 6.45) is 1.48. The normalized spacial score (nSPS) is 9.93. The molecule has 0 atom stereocenters. The Hall–Kier alpha value is -1.03. The van der Waals surface area contributed by atoms with Gasteiger partial charge in [-0.25, -0.2) is 9.97 Å². The van der Waals surface area contributed by atoms with Crippen LogP contribution in [0, 0.1) is 6.92 Å². The van der Waals surface area contributed by atoms with Crippen LogP contribution in [0.25, 0.3) is 0 Å². The lowest BCUT2D eigenvalue weighted by Crippen LogP contribution is -2.08. The van der Waals surface area contributed by atoms with Crippen molar-refractivity contribution in [3.05, 3.63) is 11.9 Å². The summed E-state index contributed by atoms with van der Waals surface area (Å²) >= 11 is 5.57. The van der Waals surface area contributed by atoms with E-state index in [1.807, 2.05) is 13.8 Å². The molecule has 1 N–H and O–H groups in total. The van der Waals surface area contributed by atoms with Crippen molar-refractivity contribution in [1.82, 2.24) is 9.97 Å². The molecule has 0 aliphatic heterocycles. The van der Waals surface area contributed by atoms with Crippen LogP contribution in [0.2, 0.25) is 0 Å². The van der Waals surface area contributed by atoms with Gasteiger partial charge in [-0.05, 0) is 13.8 Å². The van der Waals surface area contributed by atoms with Crippen molar-refractivity contribution >= 4 is 17.4 Å². The van der Waals surface area contributed by atoms with E-state index in [1.54, 1.807) is 0 Å². The monoisotopic (exact) mass is 215 g/mol. The van der Waals surface area contributed by atoms with Gasteiger partial charge in [0.1, 0.15) is 12.1 Å². The third-order valence-electron chi connectivity index (χ3n) is 1.71. The van der Waals surface area contributed by atoms with E-state index in [4.69, 9.17) is 16.3 Å². The van der Waals surface area contributed by atoms with Crippen LogP contribution in [0.15, 0.2) is 6.33 Å². The largest absolute Gasteiger partial charge is 0.478 e. The number of nitrogens with zero attached hydrogens (tertiary/aromatic N) is 2. The van der Waals surface area contributed by atoms with Gasteiger partial charge in [-0.15, -0.1) is 11.6 Å². The molecule has 0 unspecified atom stereocenters. The standard InChI is InChI=1S/C9H14ClN3O/c1-3-14-9-7(2)8(11-5-4-10)12-6-13-9/h6H,3-5H2,1-2H3,(H,11,12,13). The maximum Gasteiger partial charge on any atom is 0.221 e. The zero-order valence-electron chi connectivity index (χ0n) is 8.38. The first-order chi connectivity index (χ1) is 6.79. The summed E-state index contributed by atoms with van der Waals surface area (Å²) in [5.74, 6) is 1.96. The van der Waals surface area contributed by atoms with E-state index in [9.17, 15) is 0 Å². The number of alkyl halides is 1. The molecule has 78 valence electrons. The van der Waals surface area contributed by atoms with Crippen molar-refractivity contribution in [1.29, 1.82) is 0 Å². The Morgan fingerprint density at radius 1 is 1.50 bits per heavy atom. The van der Waals surface area contributed by atoms with E-state index in [0.29, 0.717) is 24.9 Å². The second-order valence-corrected chi connectivity index (χ2v) is 3.08. The van der Waals surface area contributed by atoms with Crippen LogP contribution >= 0.6 is 11.6 Å². The lowest BCUT2D eigenvalue weighted by molar-refractivity contribution is 0.324. The van der Waals surface area contributed by atoms with Crippen molar-refractivity contribution in [3.8, 4) is 5.88 Å². The lowest BCUT2D eigenvalue weighted by atomic mass is 10.3. The first-order valence-corrected chi connectivity index (χ1v) is 5.07. The molecule has 0 saturated carbocycles.